The second-order valence-electron chi connectivity index (χ2n) is 4.65. The van der Waals surface area contributed by atoms with Crippen molar-refractivity contribution in [2.45, 2.75) is 12.7 Å². The fourth-order valence-electron chi connectivity index (χ4n) is 2.00. The van der Waals surface area contributed by atoms with E-state index in [0.29, 0.717) is 15.2 Å². The summed E-state index contributed by atoms with van der Waals surface area (Å²) in [5, 5.41) is 0.316. The maximum absolute atomic E-state index is 12.8. The number of alkyl halides is 3. The van der Waals surface area contributed by atoms with E-state index in [1.165, 1.54) is 25.3 Å². The number of nitrogen functional groups attached to an aromatic ring is 1. The fourth-order valence-corrected chi connectivity index (χ4v) is 2.18. The van der Waals surface area contributed by atoms with Crippen molar-refractivity contribution in [3.05, 3.63) is 61.4 Å². The molecule has 130 valence electrons. The molecular formula is C13H12ClF3N4O3. The minimum absolute atomic E-state index is 0.0234. The van der Waals surface area contributed by atoms with Gasteiger partial charge in [-0.15, -0.1) is 0 Å². The summed E-state index contributed by atoms with van der Waals surface area (Å²) < 4.78 is 38.7. The summed E-state index contributed by atoms with van der Waals surface area (Å²) in [6.07, 6.45) is -4.93. The zero-order valence-electron chi connectivity index (χ0n) is 12.2. The molecule has 0 amide bonds. The van der Waals surface area contributed by atoms with Gasteiger partial charge in [0.1, 0.15) is 0 Å². The fraction of sp³-hybridized carbons (Fsp3) is 0.231. The average molecular weight is 365 g/mol. The molecule has 0 atom stereocenters. The van der Waals surface area contributed by atoms with Crippen LogP contribution in [0.5, 0.6) is 0 Å². The van der Waals surface area contributed by atoms with Crippen molar-refractivity contribution >= 4 is 11.6 Å². The quantitative estimate of drug-likeness (QED) is 0.625. The highest BCUT2D eigenvalue weighted by atomic mass is 35.5. The van der Waals surface area contributed by atoms with E-state index in [4.69, 9.17) is 17.4 Å². The van der Waals surface area contributed by atoms with Crippen LogP contribution in [0.1, 0.15) is 11.3 Å². The lowest BCUT2D eigenvalue weighted by atomic mass is 10.2. The molecular weight excluding hydrogens is 353 g/mol. The first-order valence-electron chi connectivity index (χ1n) is 6.43. The zero-order chi connectivity index (χ0) is 18.1. The second kappa shape index (κ2) is 6.67. The van der Waals surface area contributed by atoms with E-state index in [-0.39, 0.29) is 23.0 Å². The molecule has 0 saturated heterocycles. The van der Waals surface area contributed by atoms with Gasteiger partial charge in [-0.2, -0.15) is 18.7 Å². The van der Waals surface area contributed by atoms with Gasteiger partial charge < -0.3 is 10.7 Å². The van der Waals surface area contributed by atoms with Crippen molar-refractivity contribution in [1.29, 1.82) is 0 Å². The van der Waals surface area contributed by atoms with Crippen molar-refractivity contribution in [3.63, 3.8) is 0 Å². The summed E-state index contributed by atoms with van der Waals surface area (Å²) in [5.41, 5.74) is -1.02. The number of hydrogen-bond donors (Lipinski definition) is 2. The predicted molar refractivity (Wildman–Crippen MR) is 80.3 cm³/mol. The number of benzene rings is 1. The van der Waals surface area contributed by atoms with Crippen LogP contribution >= 0.6 is 11.6 Å². The van der Waals surface area contributed by atoms with Crippen LogP contribution in [-0.4, -0.2) is 16.4 Å². The van der Waals surface area contributed by atoms with Crippen LogP contribution in [0, 0.1) is 0 Å². The third-order valence-corrected chi connectivity index (χ3v) is 3.49. The molecule has 7 nitrogen and oxygen atoms in total. The summed E-state index contributed by atoms with van der Waals surface area (Å²) in [6.45, 7) is 0.148. The number of nitrogens with two attached hydrogens (primary N) is 1. The number of hydrogen-bond acceptors (Lipinski definition) is 5. The number of rotatable bonds is 4. The Morgan fingerprint density at radius 2 is 1.96 bits per heavy atom. The number of halogens is 4. The molecule has 0 fully saturated rings. The van der Waals surface area contributed by atoms with Gasteiger partial charge in [0.25, 0.3) is 5.56 Å². The molecule has 0 unspecified atom stereocenters. The highest BCUT2D eigenvalue weighted by Crippen LogP contribution is 2.26. The summed E-state index contributed by atoms with van der Waals surface area (Å²) in [4.78, 5) is 28.8. The maximum atomic E-state index is 12.8. The van der Waals surface area contributed by atoms with Crippen molar-refractivity contribution < 1.29 is 18.0 Å². The number of nitrogens with zero attached hydrogens (tertiary/aromatic N) is 2. The first-order valence-corrected chi connectivity index (χ1v) is 6.80. The lowest BCUT2D eigenvalue weighted by Gasteiger charge is -2.14. The minimum Gasteiger partial charge on any atom is -0.335 e. The van der Waals surface area contributed by atoms with Crippen LogP contribution in [0.3, 0.4) is 0 Å². The van der Waals surface area contributed by atoms with Gasteiger partial charge in [0.2, 0.25) is 0 Å². The normalized spacial score (nSPS) is 11.7. The van der Waals surface area contributed by atoms with E-state index in [2.05, 4.69) is 10.3 Å². The molecule has 0 bridgehead atoms. The highest BCUT2D eigenvalue weighted by Gasteiger charge is 2.35. The standard InChI is InChI=1S/C13H12ClF3N4O3/c1-24-19-6-7-4-8(2-3-9(7)14)20-11(22)5-10(13(15,16)17)21(18)12(20)23/h2-5,19H,6,18H2,1H3. The van der Waals surface area contributed by atoms with Crippen LogP contribution in [0.2, 0.25) is 5.02 Å². The third kappa shape index (κ3) is 3.45. The topological polar surface area (TPSA) is 91.3 Å². The molecule has 1 heterocycles. The van der Waals surface area contributed by atoms with Crippen LogP contribution in [0.25, 0.3) is 5.69 Å². The van der Waals surface area contributed by atoms with Gasteiger partial charge in [-0.05, 0) is 23.8 Å². The van der Waals surface area contributed by atoms with E-state index < -0.39 is 23.1 Å². The summed E-state index contributed by atoms with van der Waals surface area (Å²) in [7, 11) is 1.38. The Kier molecular flexibility index (Phi) is 5.02. The monoisotopic (exact) mass is 364 g/mol. The van der Waals surface area contributed by atoms with E-state index in [1.54, 1.807) is 0 Å². The number of hydroxylamine groups is 1. The van der Waals surface area contributed by atoms with Crippen molar-refractivity contribution in [2.75, 3.05) is 13.0 Å². The van der Waals surface area contributed by atoms with E-state index in [0.717, 1.165) is 0 Å². The van der Waals surface area contributed by atoms with Gasteiger partial charge >= 0.3 is 11.9 Å². The largest absolute Gasteiger partial charge is 0.433 e. The molecule has 1 aromatic carbocycles. The second-order valence-corrected chi connectivity index (χ2v) is 5.06. The van der Waals surface area contributed by atoms with Crippen LogP contribution in [-0.2, 0) is 17.6 Å². The highest BCUT2D eigenvalue weighted by molar-refractivity contribution is 6.31. The molecule has 0 aliphatic heterocycles. The van der Waals surface area contributed by atoms with Gasteiger partial charge in [-0.1, -0.05) is 11.6 Å². The SMILES string of the molecule is CONCc1cc(-n2c(=O)cc(C(F)(F)F)n(N)c2=O)ccc1Cl. The van der Waals surface area contributed by atoms with Crippen molar-refractivity contribution in [1.82, 2.24) is 14.7 Å². The Labute approximate surface area is 137 Å². The Morgan fingerprint density at radius 3 is 2.54 bits per heavy atom. The molecule has 0 radical (unpaired) electrons. The summed E-state index contributed by atoms with van der Waals surface area (Å²) in [5.74, 6) is 5.19. The van der Waals surface area contributed by atoms with Crippen molar-refractivity contribution in [3.8, 4) is 5.69 Å². The lowest BCUT2D eigenvalue weighted by Crippen LogP contribution is -2.45. The summed E-state index contributed by atoms with van der Waals surface area (Å²) >= 11 is 5.98. The van der Waals surface area contributed by atoms with Gasteiger partial charge in [0.05, 0.1) is 12.8 Å². The minimum atomic E-state index is -4.93. The molecule has 24 heavy (non-hydrogen) atoms. The maximum Gasteiger partial charge on any atom is 0.433 e. The molecule has 2 rings (SSSR count). The molecule has 0 aliphatic rings. The first-order chi connectivity index (χ1) is 11.2. The van der Waals surface area contributed by atoms with E-state index in [9.17, 15) is 22.8 Å². The first kappa shape index (κ1) is 18.0. The third-order valence-electron chi connectivity index (χ3n) is 3.12. The zero-order valence-corrected chi connectivity index (χ0v) is 13.0. The van der Waals surface area contributed by atoms with Crippen LogP contribution in [0.4, 0.5) is 13.2 Å². The van der Waals surface area contributed by atoms with E-state index in [1.807, 2.05) is 0 Å². The van der Waals surface area contributed by atoms with Gasteiger partial charge in [-0.25, -0.2) is 14.0 Å². The molecule has 0 saturated carbocycles. The average Bonchev–Trinajstić information content (AvgIpc) is 2.50. The molecule has 3 N–H and O–H groups in total. The summed E-state index contributed by atoms with van der Waals surface area (Å²) in [6, 6.07) is 4.33. The Hall–Kier alpha value is -2.30. The Morgan fingerprint density at radius 1 is 1.29 bits per heavy atom. The molecule has 1 aromatic heterocycles. The molecule has 11 heteroatoms. The predicted octanol–water partition coefficient (Wildman–Crippen LogP) is 1.04. The Balaban J connectivity index is 2.64. The smallest absolute Gasteiger partial charge is 0.335 e. The number of aromatic nitrogens is 2. The lowest BCUT2D eigenvalue weighted by molar-refractivity contribution is -0.143. The molecule has 0 spiro atoms. The molecule has 0 aliphatic carbocycles. The Bertz CT molecular complexity index is 876. The van der Waals surface area contributed by atoms with Gasteiger partial charge in [0.15, 0.2) is 5.69 Å². The van der Waals surface area contributed by atoms with Crippen LogP contribution in [0.15, 0.2) is 33.9 Å². The van der Waals surface area contributed by atoms with Gasteiger partial charge in [0, 0.05) is 17.6 Å². The van der Waals surface area contributed by atoms with Crippen molar-refractivity contribution in [2.24, 2.45) is 0 Å². The van der Waals surface area contributed by atoms with E-state index >= 15 is 0 Å². The molecule has 2 aromatic rings. The van der Waals surface area contributed by atoms with Gasteiger partial charge in [-0.3, -0.25) is 4.79 Å². The number of nitrogens with one attached hydrogen (secondary N) is 1. The van der Waals surface area contributed by atoms with Crippen LogP contribution < -0.4 is 22.6 Å².